The molecule has 0 radical (unpaired) electrons. The van der Waals surface area contributed by atoms with Gasteiger partial charge in [-0.05, 0) is 32.4 Å². The van der Waals surface area contributed by atoms with Gasteiger partial charge in [0.1, 0.15) is 36.1 Å². The van der Waals surface area contributed by atoms with E-state index in [1.165, 1.54) is 24.3 Å². The molecule has 1 aliphatic rings. The Kier molecular flexibility index (Phi) is 8.07. The van der Waals surface area contributed by atoms with E-state index >= 15 is 0 Å². The van der Waals surface area contributed by atoms with Crippen molar-refractivity contribution in [2.75, 3.05) is 13.2 Å². The van der Waals surface area contributed by atoms with E-state index in [1.807, 2.05) is 37.3 Å². The van der Waals surface area contributed by atoms with Crippen LogP contribution in [0.15, 0.2) is 66.6 Å². The molecular weight excluding hydrogens is 440 g/mol. The molecule has 0 fully saturated rings. The second-order valence-corrected chi connectivity index (χ2v) is 8.34. The third-order valence-electron chi connectivity index (χ3n) is 5.50. The Bertz CT molecular complexity index is 1080. The predicted octanol–water partition coefficient (Wildman–Crippen LogP) is 3.78. The highest BCUT2D eigenvalue weighted by molar-refractivity contribution is 5.48. The summed E-state index contributed by atoms with van der Waals surface area (Å²) >= 11 is 0. The van der Waals surface area contributed by atoms with E-state index in [2.05, 4.69) is 5.32 Å². The Balaban J connectivity index is 1.80. The van der Waals surface area contributed by atoms with Gasteiger partial charge in [0, 0.05) is 36.4 Å². The minimum atomic E-state index is -0.984. The fraction of sp³-hybridized carbons (Fsp3) is 0.360. The molecule has 0 aromatic heterocycles. The van der Waals surface area contributed by atoms with E-state index in [-0.39, 0.29) is 30.9 Å². The van der Waals surface area contributed by atoms with E-state index in [9.17, 15) is 20.0 Å². The molecule has 0 aliphatic carbocycles. The number of rotatable bonds is 10. The number of nitro groups is 1. The van der Waals surface area contributed by atoms with Gasteiger partial charge in [0.25, 0.3) is 11.6 Å². The molecule has 9 nitrogen and oxygen atoms in total. The zero-order valence-corrected chi connectivity index (χ0v) is 19.3. The molecule has 1 aliphatic heterocycles. The number of nitrogens with one attached hydrogen (secondary N) is 1. The molecule has 0 spiro atoms. The first-order chi connectivity index (χ1) is 16.2. The van der Waals surface area contributed by atoms with Crippen LogP contribution in [0.3, 0.4) is 0 Å². The summed E-state index contributed by atoms with van der Waals surface area (Å²) in [6.07, 6.45) is 1.54. The molecule has 3 rings (SSSR count). The largest absolute Gasteiger partial charge is 0.485 e. The predicted molar refractivity (Wildman–Crippen MR) is 125 cm³/mol. The smallest absolute Gasteiger partial charge is 0.277 e. The van der Waals surface area contributed by atoms with Crippen LogP contribution in [0.2, 0.25) is 0 Å². The van der Waals surface area contributed by atoms with Gasteiger partial charge in [-0.25, -0.2) is 4.79 Å². The Morgan fingerprint density at radius 1 is 1.32 bits per heavy atom. The number of fused-ring (bicyclic) bond motifs is 1. The lowest BCUT2D eigenvalue weighted by molar-refractivity contribution is -0.385. The van der Waals surface area contributed by atoms with Crippen molar-refractivity contribution < 1.29 is 29.0 Å². The lowest BCUT2D eigenvalue weighted by Gasteiger charge is -2.42. The van der Waals surface area contributed by atoms with Crippen LogP contribution in [-0.2, 0) is 14.3 Å². The molecule has 3 atom stereocenters. The number of ether oxygens (including phenoxy) is 3. The SMILES string of the molecule is CC(OC(=CCN[C@H]1c2cc([N+](=O)[O-])ccc2OC(C)(C)[C@@H]1O)OCC=C=O)c1ccccc1. The van der Waals surface area contributed by atoms with Crippen LogP contribution in [0.5, 0.6) is 5.75 Å². The number of aliphatic hydroxyl groups excluding tert-OH is 1. The molecule has 180 valence electrons. The van der Waals surface area contributed by atoms with Crippen molar-refractivity contribution in [2.45, 2.75) is 44.6 Å². The standard InChI is InChI=1S/C25H28N2O7/c1-17(18-8-5-4-6-9-18)33-22(32-15-7-14-28)12-13-26-23-20-16-19(27(30)31)10-11-21(20)34-25(2,3)24(23)29/h4-12,16-17,23-24,26,29H,13,15H2,1-3H3/t17?,23-,24+/m0/s1. The minimum absolute atomic E-state index is 0.0151. The molecule has 0 bridgehead atoms. The molecule has 0 saturated carbocycles. The lowest BCUT2D eigenvalue weighted by atomic mass is 9.86. The fourth-order valence-electron chi connectivity index (χ4n) is 3.66. The molecule has 0 saturated heterocycles. The second kappa shape index (κ2) is 11.0. The number of nitro benzene ring substituents is 1. The number of hydrogen-bond donors (Lipinski definition) is 2. The third-order valence-corrected chi connectivity index (χ3v) is 5.50. The number of aliphatic hydroxyl groups is 1. The van der Waals surface area contributed by atoms with E-state index in [0.29, 0.717) is 11.3 Å². The summed E-state index contributed by atoms with van der Waals surface area (Å²) in [6.45, 7) is 5.56. The maximum absolute atomic E-state index is 11.3. The molecule has 9 heteroatoms. The lowest BCUT2D eigenvalue weighted by Crippen LogP contribution is -2.52. The van der Waals surface area contributed by atoms with Crippen molar-refractivity contribution in [3.8, 4) is 5.75 Å². The number of carbonyl (C=O) groups excluding carboxylic acids is 1. The molecule has 2 N–H and O–H groups in total. The summed E-state index contributed by atoms with van der Waals surface area (Å²) in [7, 11) is 0. The average molecular weight is 469 g/mol. The molecular formula is C25H28N2O7. The van der Waals surface area contributed by atoms with Crippen LogP contribution in [0.1, 0.15) is 44.0 Å². The van der Waals surface area contributed by atoms with Gasteiger partial charge in [-0.2, -0.15) is 0 Å². The van der Waals surface area contributed by atoms with Gasteiger partial charge in [-0.3, -0.25) is 10.1 Å². The minimum Gasteiger partial charge on any atom is -0.485 e. The Hall–Kier alpha value is -3.65. The van der Waals surface area contributed by atoms with Gasteiger partial charge in [0.2, 0.25) is 0 Å². The zero-order chi connectivity index (χ0) is 24.7. The van der Waals surface area contributed by atoms with Gasteiger partial charge in [0.05, 0.1) is 11.0 Å². The maximum atomic E-state index is 11.3. The quantitative estimate of drug-likeness (QED) is 0.234. The van der Waals surface area contributed by atoms with E-state index in [1.54, 1.807) is 25.9 Å². The van der Waals surface area contributed by atoms with Gasteiger partial charge in [0.15, 0.2) is 0 Å². The maximum Gasteiger partial charge on any atom is 0.277 e. The topological polar surface area (TPSA) is 120 Å². The van der Waals surface area contributed by atoms with Crippen molar-refractivity contribution in [1.82, 2.24) is 5.32 Å². The molecule has 2 aromatic rings. The van der Waals surface area contributed by atoms with Gasteiger partial charge >= 0.3 is 0 Å². The zero-order valence-electron chi connectivity index (χ0n) is 19.3. The normalized spacial score (nSPS) is 19.7. The average Bonchev–Trinajstić information content (AvgIpc) is 2.81. The summed E-state index contributed by atoms with van der Waals surface area (Å²) < 4.78 is 17.4. The number of non-ortho nitro benzene ring substituents is 1. The van der Waals surface area contributed by atoms with Crippen molar-refractivity contribution in [3.63, 3.8) is 0 Å². The van der Waals surface area contributed by atoms with Crippen LogP contribution in [-0.4, -0.2) is 40.8 Å². The van der Waals surface area contributed by atoms with Crippen molar-refractivity contribution >= 4 is 11.6 Å². The van der Waals surface area contributed by atoms with Crippen molar-refractivity contribution in [1.29, 1.82) is 0 Å². The summed E-state index contributed by atoms with van der Waals surface area (Å²) in [5.41, 5.74) is 0.413. The molecule has 34 heavy (non-hydrogen) atoms. The Morgan fingerprint density at radius 3 is 2.74 bits per heavy atom. The highest BCUT2D eigenvalue weighted by atomic mass is 16.7. The Labute approximate surface area is 197 Å². The van der Waals surface area contributed by atoms with Crippen LogP contribution in [0.4, 0.5) is 5.69 Å². The highest BCUT2D eigenvalue weighted by Crippen LogP contribution is 2.41. The van der Waals surface area contributed by atoms with E-state index in [4.69, 9.17) is 14.2 Å². The van der Waals surface area contributed by atoms with Crippen LogP contribution < -0.4 is 10.1 Å². The molecule has 0 amide bonds. The monoisotopic (exact) mass is 468 g/mol. The number of nitrogens with zero attached hydrogens (tertiary/aromatic N) is 1. The van der Waals surface area contributed by atoms with Gasteiger partial charge in [-0.15, -0.1) is 0 Å². The third kappa shape index (κ3) is 6.02. The second-order valence-electron chi connectivity index (χ2n) is 8.34. The molecule has 2 aromatic carbocycles. The Morgan fingerprint density at radius 2 is 2.06 bits per heavy atom. The number of hydrogen-bond acceptors (Lipinski definition) is 8. The van der Waals surface area contributed by atoms with Crippen molar-refractivity contribution in [2.24, 2.45) is 0 Å². The van der Waals surface area contributed by atoms with Crippen molar-refractivity contribution in [3.05, 3.63) is 87.9 Å². The summed E-state index contributed by atoms with van der Waals surface area (Å²) in [6, 6.07) is 13.2. The number of benzene rings is 2. The van der Waals surface area contributed by atoms with Gasteiger partial charge < -0.3 is 24.6 Å². The first-order valence-corrected chi connectivity index (χ1v) is 10.9. The van der Waals surface area contributed by atoms with E-state index < -0.39 is 22.7 Å². The van der Waals surface area contributed by atoms with Crippen LogP contribution in [0.25, 0.3) is 0 Å². The van der Waals surface area contributed by atoms with Crippen LogP contribution >= 0.6 is 0 Å². The summed E-state index contributed by atoms with van der Waals surface area (Å²) in [5, 5.41) is 25.4. The summed E-state index contributed by atoms with van der Waals surface area (Å²) in [5.74, 6) is 2.31. The summed E-state index contributed by atoms with van der Waals surface area (Å²) in [4.78, 5) is 21.3. The van der Waals surface area contributed by atoms with E-state index in [0.717, 1.165) is 5.56 Å². The van der Waals surface area contributed by atoms with Crippen LogP contribution in [0, 0.1) is 10.1 Å². The first kappa shape index (κ1) is 25.0. The highest BCUT2D eigenvalue weighted by Gasteiger charge is 2.43. The fourth-order valence-corrected chi connectivity index (χ4v) is 3.66. The molecule has 1 unspecified atom stereocenters. The first-order valence-electron chi connectivity index (χ1n) is 10.9. The van der Waals surface area contributed by atoms with Gasteiger partial charge in [-0.1, -0.05) is 30.3 Å². The molecule has 1 heterocycles.